The van der Waals surface area contributed by atoms with Crippen molar-refractivity contribution in [2.75, 3.05) is 6.54 Å². The minimum absolute atomic E-state index is 0.00481. The molecule has 3 nitrogen and oxygen atoms in total. The Bertz CT molecular complexity index is 309. The molecule has 14 heavy (non-hydrogen) atoms. The van der Waals surface area contributed by atoms with Gasteiger partial charge in [-0.15, -0.1) is 11.3 Å². The summed E-state index contributed by atoms with van der Waals surface area (Å²) < 4.78 is 0. The van der Waals surface area contributed by atoms with E-state index in [9.17, 15) is 4.79 Å². The molecule has 1 heterocycles. The smallest absolute Gasteiger partial charge is 0.261 e. The first kappa shape index (κ1) is 11.2. The van der Waals surface area contributed by atoms with Gasteiger partial charge in [-0.2, -0.15) is 0 Å². The van der Waals surface area contributed by atoms with Crippen LogP contribution in [0.3, 0.4) is 0 Å². The number of hydrogen-bond acceptors (Lipinski definition) is 3. The number of amides is 1. The van der Waals surface area contributed by atoms with Crippen LogP contribution in [0.4, 0.5) is 0 Å². The SMILES string of the molecule is CCc1ccsc1C(=O)N[C@H](C)CN. The maximum atomic E-state index is 11.7. The van der Waals surface area contributed by atoms with Gasteiger partial charge in [-0.25, -0.2) is 0 Å². The molecular weight excluding hydrogens is 196 g/mol. The molecule has 0 unspecified atom stereocenters. The van der Waals surface area contributed by atoms with Crippen LogP contribution in [-0.4, -0.2) is 18.5 Å². The number of hydrogen-bond donors (Lipinski definition) is 2. The molecule has 0 fully saturated rings. The molecule has 0 saturated heterocycles. The molecule has 1 aromatic rings. The second-order valence-electron chi connectivity index (χ2n) is 3.24. The topological polar surface area (TPSA) is 55.1 Å². The number of thiophene rings is 1. The van der Waals surface area contributed by atoms with Crippen molar-refractivity contribution < 1.29 is 4.79 Å². The predicted molar refractivity (Wildman–Crippen MR) is 59.7 cm³/mol. The lowest BCUT2D eigenvalue weighted by molar-refractivity contribution is 0.0944. The minimum atomic E-state index is -0.00481. The van der Waals surface area contributed by atoms with Crippen molar-refractivity contribution in [3.05, 3.63) is 21.9 Å². The van der Waals surface area contributed by atoms with Crippen molar-refractivity contribution in [3.8, 4) is 0 Å². The average molecular weight is 212 g/mol. The van der Waals surface area contributed by atoms with Crippen LogP contribution in [-0.2, 0) is 6.42 Å². The number of carbonyl (C=O) groups excluding carboxylic acids is 1. The molecule has 78 valence electrons. The van der Waals surface area contributed by atoms with E-state index in [1.807, 2.05) is 25.3 Å². The summed E-state index contributed by atoms with van der Waals surface area (Å²) in [6.45, 7) is 4.42. The standard InChI is InChI=1S/C10H16N2OS/c1-3-8-4-5-14-9(8)10(13)12-7(2)6-11/h4-5,7H,3,6,11H2,1-2H3,(H,12,13)/t7-/m1/s1. The first-order chi connectivity index (χ1) is 6.69. The van der Waals surface area contributed by atoms with Crippen LogP contribution >= 0.6 is 11.3 Å². The number of aryl methyl sites for hydroxylation is 1. The Kier molecular flexibility index (Phi) is 4.10. The molecule has 0 bridgehead atoms. The third-order valence-electron chi connectivity index (χ3n) is 2.06. The van der Waals surface area contributed by atoms with Gasteiger partial charge in [-0.1, -0.05) is 6.92 Å². The third kappa shape index (κ3) is 2.56. The summed E-state index contributed by atoms with van der Waals surface area (Å²) in [5.74, 6) is -0.00481. The molecule has 4 heteroatoms. The van der Waals surface area contributed by atoms with Gasteiger partial charge in [0.05, 0.1) is 4.88 Å². The summed E-state index contributed by atoms with van der Waals surface area (Å²) in [5.41, 5.74) is 6.54. The minimum Gasteiger partial charge on any atom is -0.348 e. The summed E-state index contributed by atoms with van der Waals surface area (Å²) in [6, 6.07) is 2.03. The fraction of sp³-hybridized carbons (Fsp3) is 0.500. The zero-order valence-electron chi connectivity index (χ0n) is 8.54. The van der Waals surface area contributed by atoms with Crippen molar-refractivity contribution in [3.63, 3.8) is 0 Å². The molecule has 0 aliphatic heterocycles. The van der Waals surface area contributed by atoms with Crippen molar-refractivity contribution in [2.24, 2.45) is 5.73 Å². The van der Waals surface area contributed by atoms with Crippen molar-refractivity contribution in [2.45, 2.75) is 26.3 Å². The van der Waals surface area contributed by atoms with Gasteiger partial charge in [0, 0.05) is 12.6 Å². The van der Waals surface area contributed by atoms with E-state index in [-0.39, 0.29) is 11.9 Å². The number of nitrogens with one attached hydrogen (secondary N) is 1. The zero-order chi connectivity index (χ0) is 10.6. The van der Waals surface area contributed by atoms with Crippen LogP contribution < -0.4 is 11.1 Å². The highest BCUT2D eigenvalue weighted by atomic mass is 32.1. The molecule has 1 atom stereocenters. The van der Waals surface area contributed by atoms with E-state index in [4.69, 9.17) is 5.73 Å². The summed E-state index contributed by atoms with van der Waals surface area (Å²) >= 11 is 1.48. The lowest BCUT2D eigenvalue weighted by atomic mass is 10.2. The summed E-state index contributed by atoms with van der Waals surface area (Å²) in [7, 11) is 0. The van der Waals surface area contributed by atoms with Gasteiger partial charge in [-0.05, 0) is 30.4 Å². The number of nitrogens with two attached hydrogens (primary N) is 1. The van der Waals surface area contributed by atoms with Gasteiger partial charge < -0.3 is 11.1 Å². The Morgan fingerprint density at radius 3 is 3.00 bits per heavy atom. The highest BCUT2D eigenvalue weighted by Crippen LogP contribution is 2.17. The van der Waals surface area contributed by atoms with Gasteiger partial charge in [0.2, 0.25) is 0 Å². The Morgan fingerprint density at radius 1 is 1.71 bits per heavy atom. The van der Waals surface area contributed by atoms with E-state index in [1.165, 1.54) is 11.3 Å². The fourth-order valence-electron chi connectivity index (χ4n) is 1.16. The van der Waals surface area contributed by atoms with E-state index in [0.717, 1.165) is 16.9 Å². The van der Waals surface area contributed by atoms with E-state index >= 15 is 0 Å². The van der Waals surface area contributed by atoms with Gasteiger partial charge in [0.25, 0.3) is 5.91 Å². The highest BCUT2D eigenvalue weighted by molar-refractivity contribution is 7.12. The average Bonchev–Trinajstić information content (AvgIpc) is 2.65. The van der Waals surface area contributed by atoms with Crippen molar-refractivity contribution >= 4 is 17.2 Å². The maximum absolute atomic E-state index is 11.7. The van der Waals surface area contributed by atoms with Crippen LogP contribution in [0.5, 0.6) is 0 Å². The van der Waals surface area contributed by atoms with E-state index in [0.29, 0.717) is 6.54 Å². The number of rotatable bonds is 4. The van der Waals surface area contributed by atoms with Gasteiger partial charge in [0.15, 0.2) is 0 Å². The Morgan fingerprint density at radius 2 is 2.43 bits per heavy atom. The summed E-state index contributed by atoms with van der Waals surface area (Å²) in [6.07, 6.45) is 0.892. The molecule has 0 aliphatic rings. The Labute approximate surface area is 88.3 Å². The molecule has 0 spiro atoms. The van der Waals surface area contributed by atoms with E-state index in [2.05, 4.69) is 5.32 Å². The van der Waals surface area contributed by atoms with Crippen LogP contribution in [0.25, 0.3) is 0 Å². The van der Waals surface area contributed by atoms with Crippen molar-refractivity contribution in [1.29, 1.82) is 0 Å². The lowest BCUT2D eigenvalue weighted by Crippen LogP contribution is -2.37. The molecule has 0 aromatic carbocycles. The molecule has 0 aliphatic carbocycles. The normalized spacial score (nSPS) is 12.5. The molecule has 3 N–H and O–H groups in total. The zero-order valence-corrected chi connectivity index (χ0v) is 9.36. The Balaban J connectivity index is 2.69. The van der Waals surface area contributed by atoms with Crippen molar-refractivity contribution in [1.82, 2.24) is 5.32 Å². The van der Waals surface area contributed by atoms with Crippen LogP contribution in [0, 0.1) is 0 Å². The Hall–Kier alpha value is -0.870. The predicted octanol–water partition coefficient (Wildman–Crippen LogP) is 1.39. The van der Waals surface area contributed by atoms with E-state index in [1.54, 1.807) is 0 Å². The molecular formula is C10H16N2OS. The third-order valence-corrected chi connectivity index (χ3v) is 3.02. The molecule has 0 saturated carbocycles. The largest absolute Gasteiger partial charge is 0.348 e. The fourth-order valence-corrected chi connectivity index (χ4v) is 2.06. The maximum Gasteiger partial charge on any atom is 0.261 e. The van der Waals surface area contributed by atoms with Crippen LogP contribution in [0.15, 0.2) is 11.4 Å². The first-order valence-corrected chi connectivity index (χ1v) is 5.64. The summed E-state index contributed by atoms with van der Waals surface area (Å²) in [4.78, 5) is 12.5. The van der Waals surface area contributed by atoms with E-state index < -0.39 is 0 Å². The first-order valence-electron chi connectivity index (χ1n) is 4.76. The second kappa shape index (κ2) is 5.12. The monoisotopic (exact) mass is 212 g/mol. The molecule has 1 amide bonds. The highest BCUT2D eigenvalue weighted by Gasteiger charge is 2.13. The van der Waals surface area contributed by atoms with Crippen LogP contribution in [0.1, 0.15) is 29.1 Å². The number of carbonyl (C=O) groups is 1. The van der Waals surface area contributed by atoms with Crippen LogP contribution in [0.2, 0.25) is 0 Å². The molecule has 0 radical (unpaired) electrons. The second-order valence-corrected chi connectivity index (χ2v) is 4.15. The quantitative estimate of drug-likeness (QED) is 0.792. The molecule has 1 aromatic heterocycles. The lowest BCUT2D eigenvalue weighted by Gasteiger charge is -2.10. The molecule has 1 rings (SSSR count). The van der Waals surface area contributed by atoms with Gasteiger partial charge in [-0.3, -0.25) is 4.79 Å². The summed E-state index contributed by atoms with van der Waals surface area (Å²) in [5, 5.41) is 4.80. The van der Waals surface area contributed by atoms with Gasteiger partial charge >= 0.3 is 0 Å². The van der Waals surface area contributed by atoms with Gasteiger partial charge in [0.1, 0.15) is 0 Å².